The van der Waals surface area contributed by atoms with Crippen LogP contribution in [-0.2, 0) is 0 Å². The number of nitrogens with zero attached hydrogens (tertiary/aromatic N) is 1. The van der Waals surface area contributed by atoms with Crippen LogP contribution in [-0.4, -0.2) is 22.5 Å². The summed E-state index contributed by atoms with van der Waals surface area (Å²) in [4.78, 5) is 22.2. The van der Waals surface area contributed by atoms with Crippen molar-refractivity contribution in [2.45, 2.75) is 6.10 Å². The lowest BCUT2D eigenvalue weighted by atomic mass is 10.1. The first-order chi connectivity index (χ1) is 10.1. The smallest absolute Gasteiger partial charge is 0.282 e. The number of aliphatic hydroxyl groups excluding tert-OH is 1. The minimum absolute atomic E-state index is 0.0190. The first-order valence-electron chi connectivity index (χ1n) is 6.34. The Morgan fingerprint density at radius 3 is 2.43 bits per heavy atom. The van der Waals surface area contributed by atoms with Crippen molar-refractivity contribution in [3.8, 4) is 0 Å². The van der Waals surface area contributed by atoms with Crippen LogP contribution in [0.1, 0.15) is 22.0 Å². The normalized spacial score (nSPS) is 11.7. The number of hydrogen-bond acceptors (Lipinski definition) is 4. The van der Waals surface area contributed by atoms with Gasteiger partial charge in [0.15, 0.2) is 0 Å². The lowest BCUT2D eigenvalue weighted by Crippen LogP contribution is -2.28. The number of rotatable bonds is 5. The van der Waals surface area contributed by atoms with Crippen LogP contribution in [0.5, 0.6) is 0 Å². The maximum Gasteiger partial charge on any atom is 0.282 e. The number of benzene rings is 2. The Labute approximate surface area is 121 Å². The zero-order valence-corrected chi connectivity index (χ0v) is 11.1. The average molecular weight is 286 g/mol. The van der Waals surface area contributed by atoms with Crippen LogP contribution in [0.3, 0.4) is 0 Å². The lowest BCUT2D eigenvalue weighted by molar-refractivity contribution is -0.385. The summed E-state index contributed by atoms with van der Waals surface area (Å²) >= 11 is 0. The van der Waals surface area contributed by atoms with Crippen molar-refractivity contribution in [3.05, 3.63) is 75.8 Å². The molecule has 0 saturated carbocycles. The van der Waals surface area contributed by atoms with E-state index < -0.39 is 16.9 Å². The van der Waals surface area contributed by atoms with Gasteiger partial charge in [-0.1, -0.05) is 42.5 Å². The molecule has 0 spiro atoms. The highest BCUT2D eigenvalue weighted by atomic mass is 16.6. The molecule has 0 aliphatic carbocycles. The second-order valence-electron chi connectivity index (χ2n) is 4.41. The summed E-state index contributed by atoms with van der Waals surface area (Å²) in [7, 11) is 0. The van der Waals surface area contributed by atoms with E-state index in [0.29, 0.717) is 5.56 Å². The molecule has 0 heterocycles. The van der Waals surface area contributed by atoms with Crippen molar-refractivity contribution in [3.63, 3.8) is 0 Å². The van der Waals surface area contributed by atoms with Gasteiger partial charge < -0.3 is 10.4 Å². The first kappa shape index (κ1) is 14.7. The van der Waals surface area contributed by atoms with Gasteiger partial charge in [0, 0.05) is 12.6 Å². The number of hydrogen-bond donors (Lipinski definition) is 2. The second kappa shape index (κ2) is 6.62. The van der Waals surface area contributed by atoms with Crippen LogP contribution < -0.4 is 5.32 Å². The highest BCUT2D eigenvalue weighted by Crippen LogP contribution is 2.18. The molecular formula is C15H14N2O4. The van der Waals surface area contributed by atoms with Gasteiger partial charge in [-0.15, -0.1) is 0 Å². The molecule has 0 fully saturated rings. The summed E-state index contributed by atoms with van der Waals surface area (Å²) in [5.41, 5.74) is 0.382. The molecule has 0 aliphatic rings. The number of carbonyl (C=O) groups excluding carboxylic acids is 1. The van der Waals surface area contributed by atoms with Crippen LogP contribution in [0.15, 0.2) is 54.6 Å². The van der Waals surface area contributed by atoms with E-state index in [4.69, 9.17) is 0 Å². The van der Waals surface area contributed by atoms with Crippen LogP contribution in [0.25, 0.3) is 0 Å². The number of nitro benzene ring substituents is 1. The highest BCUT2D eigenvalue weighted by molar-refractivity contribution is 5.98. The molecule has 0 saturated heterocycles. The monoisotopic (exact) mass is 286 g/mol. The van der Waals surface area contributed by atoms with Gasteiger partial charge in [0.2, 0.25) is 0 Å². The molecule has 6 heteroatoms. The molecular weight excluding hydrogens is 272 g/mol. The zero-order valence-electron chi connectivity index (χ0n) is 11.1. The van der Waals surface area contributed by atoms with Gasteiger partial charge in [-0.25, -0.2) is 0 Å². The molecule has 2 rings (SSSR count). The Morgan fingerprint density at radius 2 is 1.76 bits per heavy atom. The largest absolute Gasteiger partial charge is 0.387 e. The summed E-state index contributed by atoms with van der Waals surface area (Å²) < 4.78 is 0. The maximum atomic E-state index is 12.0. The third-order valence-electron chi connectivity index (χ3n) is 2.99. The van der Waals surface area contributed by atoms with E-state index in [-0.39, 0.29) is 17.8 Å². The number of para-hydroxylation sites is 1. The molecule has 0 bridgehead atoms. The molecule has 1 atom stereocenters. The van der Waals surface area contributed by atoms with Crippen LogP contribution in [0, 0.1) is 10.1 Å². The van der Waals surface area contributed by atoms with Gasteiger partial charge >= 0.3 is 0 Å². The molecule has 2 N–H and O–H groups in total. The van der Waals surface area contributed by atoms with Gasteiger partial charge in [0.25, 0.3) is 11.6 Å². The van der Waals surface area contributed by atoms with Crippen molar-refractivity contribution >= 4 is 11.6 Å². The van der Waals surface area contributed by atoms with Crippen LogP contribution >= 0.6 is 0 Å². The zero-order chi connectivity index (χ0) is 15.2. The molecule has 0 aliphatic heterocycles. The first-order valence-corrected chi connectivity index (χ1v) is 6.34. The summed E-state index contributed by atoms with van der Waals surface area (Å²) in [6.45, 7) is -0.0190. The molecule has 1 unspecified atom stereocenters. The molecule has 2 aromatic carbocycles. The van der Waals surface area contributed by atoms with Crippen molar-refractivity contribution in [1.29, 1.82) is 0 Å². The third kappa shape index (κ3) is 3.64. The number of amides is 1. The van der Waals surface area contributed by atoms with E-state index in [2.05, 4.69) is 5.32 Å². The number of nitrogens with one attached hydrogen (secondary N) is 1. The maximum absolute atomic E-state index is 12.0. The van der Waals surface area contributed by atoms with Crippen LogP contribution in [0.2, 0.25) is 0 Å². The Bertz CT molecular complexity index is 643. The molecule has 1 amide bonds. The Balaban J connectivity index is 2.04. The fourth-order valence-electron chi connectivity index (χ4n) is 1.90. The van der Waals surface area contributed by atoms with Gasteiger partial charge in [-0.2, -0.15) is 0 Å². The van der Waals surface area contributed by atoms with Gasteiger partial charge in [-0.3, -0.25) is 14.9 Å². The summed E-state index contributed by atoms with van der Waals surface area (Å²) in [6.07, 6.45) is -0.863. The van der Waals surface area contributed by atoms with Gasteiger partial charge in [-0.05, 0) is 11.6 Å². The van der Waals surface area contributed by atoms with E-state index in [9.17, 15) is 20.0 Å². The molecule has 2 aromatic rings. The number of aliphatic hydroxyl groups is 1. The minimum Gasteiger partial charge on any atom is -0.387 e. The lowest BCUT2D eigenvalue weighted by Gasteiger charge is -2.12. The van der Waals surface area contributed by atoms with Crippen LogP contribution in [0.4, 0.5) is 5.69 Å². The van der Waals surface area contributed by atoms with E-state index in [1.165, 1.54) is 18.2 Å². The predicted octanol–water partition coefficient (Wildman–Crippen LogP) is 2.06. The Morgan fingerprint density at radius 1 is 1.14 bits per heavy atom. The van der Waals surface area contributed by atoms with E-state index in [1.807, 2.05) is 6.07 Å². The number of nitro groups is 1. The van der Waals surface area contributed by atoms with Crippen molar-refractivity contribution < 1.29 is 14.8 Å². The fourth-order valence-corrected chi connectivity index (χ4v) is 1.90. The minimum atomic E-state index is -0.863. The highest BCUT2D eigenvalue weighted by Gasteiger charge is 2.19. The van der Waals surface area contributed by atoms with Gasteiger partial charge in [0.05, 0.1) is 11.0 Å². The third-order valence-corrected chi connectivity index (χ3v) is 2.99. The molecule has 0 aromatic heterocycles. The molecule has 21 heavy (non-hydrogen) atoms. The Hall–Kier alpha value is -2.73. The predicted molar refractivity (Wildman–Crippen MR) is 76.8 cm³/mol. The summed E-state index contributed by atoms with van der Waals surface area (Å²) in [6, 6.07) is 14.5. The molecule has 6 nitrogen and oxygen atoms in total. The van der Waals surface area contributed by atoms with E-state index in [0.717, 1.165) is 0 Å². The van der Waals surface area contributed by atoms with E-state index in [1.54, 1.807) is 30.3 Å². The summed E-state index contributed by atoms with van der Waals surface area (Å²) in [5, 5.41) is 23.3. The molecule has 0 radical (unpaired) electrons. The number of carbonyl (C=O) groups is 1. The fraction of sp³-hybridized carbons (Fsp3) is 0.133. The second-order valence-corrected chi connectivity index (χ2v) is 4.41. The van der Waals surface area contributed by atoms with Crippen molar-refractivity contribution in [2.75, 3.05) is 6.54 Å². The average Bonchev–Trinajstić information content (AvgIpc) is 2.53. The Kier molecular flexibility index (Phi) is 4.63. The van der Waals surface area contributed by atoms with E-state index >= 15 is 0 Å². The van der Waals surface area contributed by atoms with Crippen molar-refractivity contribution in [1.82, 2.24) is 5.32 Å². The topological polar surface area (TPSA) is 92.5 Å². The standard InChI is InChI=1S/C15H14N2O4/c18-14(11-6-2-1-3-7-11)10-16-15(19)12-8-4-5-9-13(12)17(20)21/h1-9,14,18H,10H2,(H,16,19). The summed E-state index contributed by atoms with van der Waals surface area (Å²) in [5.74, 6) is -0.586. The molecule has 108 valence electrons. The van der Waals surface area contributed by atoms with Crippen molar-refractivity contribution in [2.24, 2.45) is 0 Å². The van der Waals surface area contributed by atoms with Gasteiger partial charge in [0.1, 0.15) is 5.56 Å². The quantitative estimate of drug-likeness (QED) is 0.650. The SMILES string of the molecule is O=C(NCC(O)c1ccccc1)c1ccccc1[N+](=O)[O-].